The van der Waals surface area contributed by atoms with Crippen molar-refractivity contribution in [2.45, 2.75) is 6.54 Å². The summed E-state index contributed by atoms with van der Waals surface area (Å²) in [5.41, 5.74) is 2.82. The minimum absolute atomic E-state index is 0.635. The van der Waals surface area contributed by atoms with Crippen LogP contribution in [0.5, 0.6) is 0 Å². The van der Waals surface area contributed by atoms with E-state index < -0.39 is 0 Å². The fraction of sp³-hybridized carbons (Fsp3) is 0.286. The van der Waals surface area contributed by atoms with Crippen LogP contribution >= 0.6 is 11.3 Å². The molecule has 0 aliphatic carbocycles. The Morgan fingerprint density at radius 1 is 1.54 bits per heavy atom. The fourth-order valence-electron chi connectivity index (χ4n) is 0.915. The van der Waals surface area contributed by atoms with Crippen LogP contribution in [0.4, 0.5) is 5.95 Å². The highest BCUT2D eigenvalue weighted by Crippen LogP contribution is 2.03. The minimum Gasteiger partial charge on any atom is -0.347 e. The molecule has 0 atom stereocenters. The molecule has 2 aromatic heterocycles. The molecule has 0 unspecified atom stereocenters. The van der Waals surface area contributed by atoms with Crippen molar-refractivity contribution >= 4 is 17.3 Å². The van der Waals surface area contributed by atoms with Crippen LogP contribution in [0.3, 0.4) is 0 Å². The van der Waals surface area contributed by atoms with Crippen LogP contribution in [-0.2, 0) is 13.6 Å². The smallest absolute Gasteiger partial charge is 0.242 e. The molecule has 6 heteroatoms. The molecule has 0 fully saturated rings. The molecule has 2 aromatic rings. The Morgan fingerprint density at radius 2 is 2.46 bits per heavy atom. The lowest BCUT2D eigenvalue weighted by atomic mass is 10.5. The number of nitrogens with one attached hydrogen (secondary N) is 1. The summed E-state index contributed by atoms with van der Waals surface area (Å²) in [4.78, 5) is 8.16. The number of nitrogens with zero attached hydrogens (tertiary/aromatic N) is 4. The van der Waals surface area contributed by atoms with Crippen molar-refractivity contribution in [2.75, 3.05) is 5.32 Å². The first kappa shape index (κ1) is 8.18. The Kier molecular flexibility index (Phi) is 2.22. The van der Waals surface area contributed by atoms with Crippen LogP contribution < -0.4 is 5.32 Å². The minimum atomic E-state index is 0.635. The summed E-state index contributed by atoms with van der Waals surface area (Å²) >= 11 is 1.58. The van der Waals surface area contributed by atoms with E-state index in [1.165, 1.54) is 0 Å². The molecule has 0 radical (unpaired) electrons. The third-order valence-corrected chi connectivity index (χ3v) is 2.15. The van der Waals surface area contributed by atoms with Gasteiger partial charge in [0.25, 0.3) is 0 Å². The Bertz CT molecular complexity index is 366. The predicted octanol–water partition coefficient (Wildman–Crippen LogP) is 0.884. The number of aryl methyl sites for hydroxylation is 1. The Morgan fingerprint density at radius 3 is 3.08 bits per heavy atom. The van der Waals surface area contributed by atoms with E-state index in [0.717, 1.165) is 5.69 Å². The quantitative estimate of drug-likeness (QED) is 0.790. The van der Waals surface area contributed by atoms with E-state index in [0.29, 0.717) is 12.5 Å². The van der Waals surface area contributed by atoms with E-state index in [4.69, 9.17) is 0 Å². The van der Waals surface area contributed by atoms with Gasteiger partial charge in [0.2, 0.25) is 5.95 Å². The average Bonchev–Trinajstić information content (AvgIpc) is 2.71. The third-order valence-electron chi connectivity index (χ3n) is 1.51. The largest absolute Gasteiger partial charge is 0.347 e. The van der Waals surface area contributed by atoms with Crippen molar-refractivity contribution in [2.24, 2.45) is 7.05 Å². The topological polar surface area (TPSA) is 55.6 Å². The molecule has 1 N–H and O–H groups in total. The summed E-state index contributed by atoms with van der Waals surface area (Å²) in [6, 6.07) is 0. The summed E-state index contributed by atoms with van der Waals surface area (Å²) in [7, 11) is 1.83. The molecule has 0 aliphatic heterocycles. The SMILES string of the molecule is Cn1cnc(NCc2cscn2)n1. The standard InChI is InChI=1S/C7H9N5S/c1-12-4-9-7(11-12)8-2-6-3-13-5-10-6/h3-5H,2H2,1H3,(H,8,11). The summed E-state index contributed by atoms with van der Waals surface area (Å²) in [5, 5.41) is 9.15. The zero-order valence-corrected chi connectivity index (χ0v) is 7.95. The normalized spacial score (nSPS) is 10.2. The van der Waals surface area contributed by atoms with Gasteiger partial charge in [0.15, 0.2) is 0 Å². The lowest BCUT2D eigenvalue weighted by molar-refractivity contribution is 0.766. The van der Waals surface area contributed by atoms with E-state index in [9.17, 15) is 0 Å². The average molecular weight is 195 g/mol. The first-order chi connectivity index (χ1) is 6.34. The van der Waals surface area contributed by atoms with Gasteiger partial charge in [-0.3, -0.25) is 4.68 Å². The molecule has 0 saturated carbocycles. The molecule has 0 saturated heterocycles. The van der Waals surface area contributed by atoms with Crippen molar-refractivity contribution in [1.82, 2.24) is 19.7 Å². The van der Waals surface area contributed by atoms with Gasteiger partial charge in [-0.2, -0.15) is 0 Å². The van der Waals surface area contributed by atoms with Gasteiger partial charge in [-0.25, -0.2) is 9.97 Å². The van der Waals surface area contributed by atoms with Crippen LogP contribution in [0, 0.1) is 0 Å². The van der Waals surface area contributed by atoms with E-state index in [1.807, 2.05) is 17.9 Å². The molecule has 13 heavy (non-hydrogen) atoms. The Labute approximate surface area is 79.5 Å². The van der Waals surface area contributed by atoms with E-state index in [2.05, 4.69) is 20.4 Å². The molecule has 0 spiro atoms. The molecule has 0 amide bonds. The zero-order valence-electron chi connectivity index (χ0n) is 7.14. The molecule has 0 aliphatic rings. The van der Waals surface area contributed by atoms with Crippen molar-refractivity contribution in [3.05, 3.63) is 22.9 Å². The molecule has 2 rings (SSSR count). The number of anilines is 1. The highest BCUT2D eigenvalue weighted by atomic mass is 32.1. The van der Waals surface area contributed by atoms with Crippen LogP contribution in [-0.4, -0.2) is 19.7 Å². The highest BCUT2D eigenvalue weighted by molar-refractivity contribution is 7.07. The predicted molar refractivity (Wildman–Crippen MR) is 50.4 cm³/mol. The first-order valence-corrected chi connectivity index (χ1v) is 4.75. The van der Waals surface area contributed by atoms with Gasteiger partial charge < -0.3 is 5.32 Å². The first-order valence-electron chi connectivity index (χ1n) is 3.81. The van der Waals surface area contributed by atoms with E-state index in [-0.39, 0.29) is 0 Å². The maximum atomic E-state index is 4.13. The summed E-state index contributed by atoms with van der Waals surface area (Å²) in [5.74, 6) is 0.635. The second kappa shape index (κ2) is 3.53. The van der Waals surface area contributed by atoms with Crippen LogP contribution in [0.25, 0.3) is 0 Å². The fourth-order valence-corrected chi connectivity index (χ4v) is 1.47. The lowest BCUT2D eigenvalue weighted by Gasteiger charge is -1.96. The second-order valence-electron chi connectivity index (χ2n) is 2.58. The van der Waals surface area contributed by atoms with Gasteiger partial charge in [-0.05, 0) is 0 Å². The number of hydrogen-bond acceptors (Lipinski definition) is 5. The van der Waals surface area contributed by atoms with Crippen molar-refractivity contribution in [3.63, 3.8) is 0 Å². The molecule has 0 bridgehead atoms. The number of hydrogen-bond donors (Lipinski definition) is 1. The van der Waals surface area contributed by atoms with Gasteiger partial charge in [0, 0.05) is 12.4 Å². The van der Waals surface area contributed by atoms with Crippen molar-refractivity contribution in [1.29, 1.82) is 0 Å². The third kappa shape index (κ3) is 2.03. The van der Waals surface area contributed by atoms with Gasteiger partial charge in [0.1, 0.15) is 6.33 Å². The number of aromatic nitrogens is 4. The van der Waals surface area contributed by atoms with Crippen molar-refractivity contribution in [3.8, 4) is 0 Å². The second-order valence-corrected chi connectivity index (χ2v) is 3.29. The monoisotopic (exact) mass is 195 g/mol. The summed E-state index contributed by atoms with van der Waals surface area (Å²) in [6.07, 6.45) is 1.66. The van der Waals surface area contributed by atoms with Gasteiger partial charge in [-0.15, -0.1) is 16.4 Å². The highest BCUT2D eigenvalue weighted by Gasteiger charge is 1.98. The van der Waals surface area contributed by atoms with Crippen molar-refractivity contribution < 1.29 is 0 Å². The summed E-state index contributed by atoms with van der Waals surface area (Å²) in [6.45, 7) is 0.674. The van der Waals surface area contributed by atoms with Gasteiger partial charge in [-0.1, -0.05) is 0 Å². The van der Waals surface area contributed by atoms with E-state index >= 15 is 0 Å². The maximum Gasteiger partial charge on any atom is 0.242 e. The molecular formula is C7H9N5S. The van der Waals surface area contributed by atoms with Crippen LogP contribution in [0.1, 0.15) is 5.69 Å². The summed E-state index contributed by atoms with van der Waals surface area (Å²) < 4.78 is 1.66. The molecule has 2 heterocycles. The van der Waals surface area contributed by atoms with Gasteiger partial charge >= 0.3 is 0 Å². The molecule has 68 valence electrons. The van der Waals surface area contributed by atoms with Gasteiger partial charge in [0.05, 0.1) is 17.7 Å². The molecular weight excluding hydrogens is 186 g/mol. The molecule has 5 nitrogen and oxygen atoms in total. The maximum absolute atomic E-state index is 4.13. The Balaban J connectivity index is 1.93. The Hall–Kier alpha value is -1.43. The van der Waals surface area contributed by atoms with E-state index in [1.54, 1.807) is 22.3 Å². The number of rotatable bonds is 3. The van der Waals surface area contributed by atoms with Crippen LogP contribution in [0.2, 0.25) is 0 Å². The number of thiazole rings is 1. The van der Waals surface area contributed by atoms with Crippen LogP contribution in [0.15, 0.2) is 17.2 Å². The zero-order chi connectivity index (χ0) is 9.10. The lowest BCUT2D eigenvalue weighted by Crippen LogP contribution is -2.01. The molecule has 0 aromatic carbocycles.